The number of rotatable bonds is 3. The van der Waals surface area contributed by atoms with Crippen LogP contribution in [0.4, 0.5) is 11.4 Å². The highest BCUT2D eigenvalue weighted by atomic mass is 16.6. The lowest BCUT2D eigenvalue weighted by atomic mass is 10.2. The highest BCUT2D eigenvalue weighted by Gasteiger charge is 2.27. The van der Waals surface area contributed by atoms with Gasteiger partial charge >= 0.3 is 0 Å². The number of carbonyl (C=O) groups excluding carboxylic acids is 1. The molecule has 112 valence electrons. The number of nitrogens with zero attached hydrogens (tertiary/aromatic N) is 1. The van der Waals surface area contributed by atoms with Gasteiger partial charge in [-0.25, -0.2) is 0 Å². The van der Waals surface area contributed by atoms with Crippen molar-refractivity contribution in [1.29, 1.82) is 0 Å². The van der Waals surface area contributed by atoms with Gasteiger partial charge in [0.05, 0.1) is 17.0 Å². The molecule has 1 fully saturated rings. The van der Waals surface area contributed by atoms with Crippen LogP contribution in [0, 0.1) is 10.1 Å². The van der Waals surface area contributed by atoms with Crippen molar-refractivity contribution < 1.29 is 19.2 Å². The maximum absolute atomic E-state index is 12.1. The number of amides is 1. The molecule has 21 heavy (non-hydrogen) atoms. The summed E-state index contributed by atoms with van der Waals surface area (Å²) in [5.41, 5.74) is -0.0754. The second kappa shape index (κ2) is 5.57. The largest absolute Gasteiger partial charge is 0.486 e. The van der Waals surface area contributed by atoms with Crippen LogP contribution in [0.2, 0.25) is 0 Å². The Morgan fingerprint density at radius 1 is 1.33 bits per heavy atom. The van der Waals surface area contributed by atoms with E-state index in [1.54, 1.807) is 0 Å². The zero-order valence-electron chi connectivity index (χ0n) is 11.3. The van der Waals surface area contributed by atoms with E-state index in [-0.39, 0.29) is 23.3 Å². The van der Waals surface area contributed by atoms with Crippen molar-refractivity contribution >= 4 is 17.3 Å². The van der Waals surface area contributed by atoms with Crippen molar-refractivity contribution in [3.05, 3.63) is 22.2 Å². The third-order valence-electron chi connectivity index (χ3n) is 3.49. The number of nitro benzene ring substituents is 1. The Hall–Kier alpha value is -2.35. The molecule has 0 unspecified atom stereocenters. The van der Waals surface area contributed by atoms with E-state index in [0.717, 1.165) is 19.4 Å². The first-order valence-corrected chi connectivity index (χ1v) is 6.77. The zero-order chi connectivity index (χ0) is 14.8. The first-order chi connectivity index (χ1) is 10.1. The summed E-state index contributed by atoms with van der Waals surface area (Å²) in [6.45, 7) is 1.51. The normalized spacial score (nSPS) is 20.1. The molecule has 1 saturated heterocycles. The Kier molecular flexibility index (Phi) is 3.61. The van der Waals surface area contributed by atoms with Crippen LogP contribution < -0.4 is 20.1 Å². The van der Waals surface area contributed by atoms with Crippen LogP contribution in [0.25, 0.3) is 0 Å². The molecule has 1 atom stereocenters. The Morgan fingerprint density at radius 2 is 2.05 bits per heavy atom. The summed E-state index contributed by atoms with van der Waals surface area (Å²) in [4.78, 5) is 22.7. The lowest BCUT2D eigenvalue weighted by Crippen LogP contribution is -2.35. The van der Waals surface area contributed by atoms with Gasteiger partial charge in [0.25, 0.3) is 5.69 Å². The molecular formula is C13H15N3O5. The van der Waals surface area contributed by atoms with Gasteiger partial charge in [-0.05, 0) is 19.4 Å². The minimum Gasteiger partial charge on any atom is -0.486 e. The summed E-state index contributed by atoms with van der Waals surface area (Å²) in [5, 5.41) is 16.8. The van der Waals surface area contributed by atoms with Crippen LogP contribution in [0.15, 0.2) is 12.1 Å². The summed E-state index contributed by atoms with van der Waals surface area (Å²) < 4.78 is 10.7. The van der Waals surface area contributed by atoms with E-state index in [9.17, 15) is 14.9 Å². The minimum atomic E-state index is -0.546. The number of benzene rings is 1. The van der Waals surface area contributed by atoms with Crippen LogP contribution in [-0.2, 0) is 4.79 Å². The quantitative estimate of drug-likeness (QED) is 0.638. The van der Waals surface area contributed by atoms with E-state index < -0.39 is 4.92 Å². The third kappa shape index (κ3) is 2.75. The van der Waals surface area contributed by atoms with Gasteiger partial charge < -0.3 is 20.1 Å². The lowest BCUT2D eigenvalue weighted by Gasteiger charge is -2.19. The number of fused-ring (bicyclic) bond motifs is 1. The molecule has 0 bridgehead atoms. The number of nitro groups is 1. The SMILES string of the molecule is O=C(Nc1cc2c(cc1[N+](=O)[O-])OCCO2)[C@@H]1CCCN1. The topological polar surface area (TPSA) is 103 Å². The lowest BCUT2D eigenvalue weighted by molar-refractivity contribution is -0.384. The zero-order valence-corrected chi connectivity index (χ0v) is 11.3. The van der Waals surface area contributed by atoms with Crippen molar-refractivity contribution in [1.82, 2.24) is 5.32 Å². The summed E-state index contributed by atoms with van der Waals surface area (Å²) in [6.07, 6.45) is 1.64. The molecule has 2 aliphatic rings. The van der Waals surface area contributed by atoms with E-state index in [1.807, 2.05) is 0 Å². The fraction of sp³-hybridized carbons (Fsp3) is 0.462. The standard InChI is InChI=1S/C13H15N3O5/c17-13(8-2-1-3-14-8)15-9-6-11-12(21-5-4-20-11)7-10(9)16(18)19/h6-8,14H,1-5H2,(H,15,17)/t8-/m0/s1. The van der Waals surface area contributed by atoms with Gasteiger partial charge in [0.1, 0.15) is 18.9 Å². The highest BCUT2D eigenvalue weighted by Crippen LogP contribution is 2.39. The highest BCUT2D eigenvalue weighted by molar-refractivity contribution is 5.97. The molecule has 0 aromatic heterocycles. The predicted molar refractivity (Wildman–Crippen MR) is 73.7 cm³/mol. The van der Waals surface area contributed by atoms with Gasteiger partial charge in [-0.15, -0.1) is 0 Å². The van der Waals surface area contributed by atoms with Crippen LogP contribution in [0.5, 0.6) is 11.5 Å². The second-order valence-corrected chi connectivity index (χ2v) is 4.91. The molecule has 0 spiro atoms. The van der Waals surface area contributed by atoms with E-state index >= 15 is 0 Å². The molecule has 1 aromatic rings. The number of anilines is 1. The van der Waals surface area contributed by atoms with Crippen molar-refractivity contribution in [2.75, 3.05) is 25.1 Å². The maximum atomic E-state index is 12.1. The smallest absolute Gasteiger partial charge is 0.296 e. The average molecular weight is 293 g/mol. The molecule has 1 amide bonds. The maximum Gasteiger partial charge on any atom is 0.296 e. The van der Waals surface area contributed by atoms with E-state index in [4.69, 9.17) is 9.47 Å². The van der Waals surface area contributed by atoms with Crippen LogP contribution in [0.3, 0.4) is 0 Å². The Bertz CT molecular complexity index is 583. The van der Waals surface area contributed by atoms with Gasteiger partial charge in [-0.2, -0.15) is 0 Å². The third-order valence-corrected chi connectivity index (χ3v) is 3.49. The molecule has 0 radical (unpaired) electrons. The molecule has 0 aliphatic carbocycles. The summed E-state index contributed by atoms with van der Waals surface area (Å²) >= 11 is 0. The molecule has 2 heterocycles. The second-order valence-electron chi connectivity index (χ2n) is 4.91. The number of ether oxygens (including phenoxy) is 2. The Labute approximate surface area is 120 Å². The number of hydrogen-bond donors (Lipinski definition) is 2. The van der Waals surface area contributed by atoms with Gasteiger partial charge in [-0.3, -0.25) is 14.9 Å². The van der Waals surface area contributed by atoms with E-state index in [2.05, 4.69) is 10.6 Å². The fourth-order valence-corrected chi connectivity index (χ4v) is 2.46. The van der Waals surface area contributed by atoms with Crippen molar-refractivity contribution in [2.24, 2.45) is 0 Å². The van der Waals surface area contributed by atoms with Crippen LogP contribution in [0.1, 0.15) is 12.8 Å². The van der Waals surface area contributed by atoms with Crippen molar-refractivity contribution in [2.45, 2.75) is 18.9 Å². The number of hydrogen-bond acceptors (Lipinski definition) is 6. The Balaban J connectivity index is 1.88. The molecule has 2 N–H and O–H groups in total. The minimum absolute atomic E-state index is 0.128. The van der Waals surface area contributed by atoms with Gasteiger partial charge in [0, 0.05) is 6.07 Å². The molecule has 2 aliphatic heterocycles. The Morgan fingerprint density at radius 3 is 2.67 bits per heavy atom. The summed E-state index contributed by atoms with van der Waals surface area (Å²) in [6, 6.07) is 2.42. The first-order valence-electron chi connectivity index (χ1n) is 6.77. The van der Waals surface area contributed by atoms with Crippen molar-refractivity contribution in [3.63, 3.8) is 0 Å². The number of nitrogens with one attached hydrogen (secondary N) is 2. The van der Waals surface area contributed by atoms with E-state index in [0.29, 0.717) is 24.7 Å². The summed E-state index contributed by atoms with van der Waals surface area (Å²) in [5.74, 6) is 0.457. The molecule has 0 saturated carbocycles. The first kappa shape index (κ1) is 13.6. The van der Waals surface area contributed by atoms with E-state index in [1.165, 1.54) is 12.1 Å². The molecule has 1 aromatic carbocycles. The van der Waals surface area contributed by atoms with Crippen LogP contribution >= 0.6 is 0 Å². The van der Waals surface area contributed by atoms with Crippen LogP contribution in [-0.4, -0.2) is 36.6 Å². The molecule has 8 nitrogen and oxygen atoms in total. The van der Waals surface area contributed by atoms with Gasteiger partial charge in [0.2, 0.25) is 5.91 Å². The fourth-order valence-electron chi connectivity index (χ4n) is 2.46. The molecule has 3 rings (SSSR count). The number of carbonyl (C=O) groups is 1. The molecular weight excluding hydrogens is 278 g/mol. The monoisotopic (exact) mass is 293 g/mol. The summed E-state index contributed by atoms with van der Waals surface area (Å²) in [7, 11) is 0. The van der Waals surface area contributed by atoms with Gasteiger partial charge in [-0.1, -0.05) is 0 Å². The molecule has 8 heteroatoms. The average Bonchev–Trinajstić information content (AvgIpc) is 3.00. The van der Waals surface area contributed by atoms with Crippen molar-refractivity contribution in [3.8, 4) is 11.5 Å². The van der Waals surface area contributed by atoms with Gasteiger partial charge in [0.15, 0.2) is 11.5 Å². The predicted octanol–water partition coefficient (Wildman–Crippen LogP) is 1.06.